The molecule has 1 unspecified atom stereocenters. The molecular weight excluding hydrogens is 223 g/mol. The van der Waals surface area contributed by atoms with Crippen molar-refractivity contribution in [3.63, 3.8) is 0 Å². The number of carboxylic acid groups (broad SMARTS) is 1. The highest BCUT2D eigenvalue weighted by molar-refractivity contribution is 5.79. The number of rotatable bonds is 5. The smallest absolute Gasteiger partial charge is 0.325 e. The lowest BCUT2D eigenvalue weighted by molar-refractivity contribution is -0.143. The zero-order valence-electron chi connectivity index (χ0n) is 10.2. The molecular formula is C12H17FN2O2. The molecule has 94 valence electrons. The standard InChI is InChI=1S/C12H17FN2O2/c1-12(14-2,11(16)17)8-15(3)10-6-4-9(13)5-7-10/h4-7,14H,8H2,1-3H3,(H,16,17). The molecule has 4 nitrogen and oxygen atoms in total. The van der Waals surface area contributed by atoms with Crippen molar-refractivity contribution in [2.45, 2.75) is 12.5 Å². The fourth-order valence-corrected chi connectivity index (χ4v) is 1.51. The van der Waals surface area contributed by atoms with Gasteiger partial charge in [-0.05, 0) is 38.2 Å². The van der Waals surface area contributed by atoms with Crippen molar-refractivity contribution in [3.8, 4) is 0 Å². The normalized spacial score (nSPS) is 14.1. The van der Waals surface area contributed by atoms with E-state index in [1.54, 1.807) is 38.1 Å². The number of likely N-dealkylation sites (N-methyl/N-ethyl adjacent to an activating group) is 2. The molecule has 1 aromatic rings. The second kappa shape index (κ2) is 5.14. The predicted octanol–water partition coefficient (Wildman–Crippen LogP) is 1.32. The summed E-state index contributed by atoms with van der Waals surface area (Å²) in [6.07, 6.45) is 0. The minimum absolute atomic E-state index is 0.282. The largest absolute Gasteiger partial charge is 0.480 e. The molecule has 0 heterocycles. The molecule has 0 aromatic heterocycles. The Balaban J connectivity index is 2.81. The highest BCUT2D eigenvalue weighted by Gasteiger charge is 2.32. The van der Waals surface area contributed by atoms with Crippen molar-refractivity contribution < 1.29 is 14.3 Å². The first-order valence-electron chi connectivity index (χ1n) is 5.28. The highest BCUT2D eigenvalue weighted by Crippen LogP contribution is 2.16. The van der Waals surface area contributed by atoms with Gasteiger partial charge in [0.25, 0.3) is 0 Å². The van der Waals surface area contributed by atoms with E-state index in [2.05, 4.69) is 5.32 Å². The van der Waals surface area contributed by atoms with Gasteiger partial charge < -0.3 is 15.3 Å². The van der Waals surface area contributed by atoms with Crippen LogP contribution >= 0.6 is 0 Å². The topological polar surface area (TPSA) is 52.6 Å². The number of hydrogen-bond donors (Lipinski definition) is 2. The number of nitrogens with one attached hydrogen (secondary N) is 1. The Morgan fingerprint density at radius 3 is 2.41 bits per heavy atom. The first-order valence-corrected chi connectivity index (χ1v) is 5.28. The average molecular weight is 240 g/mol. The number of anilines is 1. The van der Waals surface area contributed by atoms with Crippen LogP contribution in [0.2, 0.25) is 0 Å². The third kappa shape index (κ3) is 3.17. The molecule has 0 bridgehead atoms. The first kappa shape index (κ1) is 13.4. The molecule has 0 saturated heterocycles. The van der Waals surface area contributed by atoms with Gasteiger partial charge in [-0.15, -0.1) is 0 Å². The van der Waals surface area contributed by atoms with Crippen molar-refractivity contribution in [1.82, 2.24) is 5.32 Å². The monoisotopic (exact) mass is 240 g/mol. The van der Waals surface area contributed by atoms with E-state index in [0.717, 1.165) is 5.69 Å². The quantitative estimate of drug-likeness (QED) is 0.815. The van der Waals surface area contributed by atoms with Gasteiger partial charge in [-0.2, -0.15) is 0 Å². The summed E-state index contributed by atoms with van der Waals surface area (Å²) in [7, 11) is 3.37. The Bertz CT molecular complexity index is 394. The molecule has 1 rings (SSSR count). The van der Waals surface area contributed by atoms with E-state index < -0.39 is 11.5 Å². The zero-order chi connectivity index (χ0) is 13.1. The number of aliphatic carboxylic acids is 1. The van der Waals surface area contributed by atoms with Gasteiger partial charge in [0.2, 0.25) is 0 Å². The molecule has 0 aliphatic rings. The summed E-state index contributed by atoms with van der Waals surface area (Å²) < 4.78 is 12.8. The van der Waals surface area contributed by atoms with E-state index in [1.807, 2.05) is 0 Å². The Hall–Kier alpha value is -1.62. The summed E-state index contributed by atoms with van der Waals surface area (Å²) in [5.74, 6) is -1.23. The number of hydrogen-bond acceptors (Lipinski definition) is 3. The summed E-state index contributed by atoms with van der Waals surface area (Å²) in [5, 5.41) is 11.9. The number of carbonyl (C=O) groups is 1. The Labute approximate surface area is 100 Å². The molecule has 0 radical (unpaired) electrons. The summed E-state index contributed by atoms with van der Waals surface area (Å²) in [6.45, 7) is 1.89. The van der Waals surface area contributed by atoms with Crippen LogP contribution in [-0.2, 0) is 4.79 Å². The van der Waals surface area contributed by atoms with E-state index >= 15 is 0 Å². The van der Waals surface area contributed by atoms with Gasteiger partial charge in [0.1, 0.15) is 11.4 Å². The van der Waals surface area contributed by atoms with Crippen LogP contribution in [-0.4, -0.2) is 37.3 Å². The summed E-state index contributed by atoms with van der Waals surface area (Å²) in [5.41, 5.74) is -0.266. The first-order chi connectivity index (χ1) is 7.89. The van der Waals surface area contributed by atoms with Crippen LogP contribution in [0.25, 0.3) is 0 Å². The molecule has 0 spiro atoms. The van der Waals surface area contributed by atoms with Crippen molar-refractivity contribution in [2.24, 2.45) is 0 Å². The maximum absolute atomic E-state index is 12.8. The van der Waals surface area contributed by atoms with Crippen LogP contribution in [0.15, 0.2) is 24.3 Å². The zero-order valence-corrected chi connectivity index (χ0v) is 10.2. The maximum atomic E-state index is 12.8. The fourth-order valence-electron chi connectivity index (χ4n) is 1.51. The van der Waals surface area contributed by atoms with Gasteiger partial charge in [0, 0.05) is 19.3 Å². The average Bonchev–Trinajstić information content (AvgIpc) is 2.29. The van der Waals surface area contributed by atoms with Gasteiger partial charge in [-0.1, -0.05) is 0 Å². The molecule has 2 N–H and O–H groups in total. The van der Waals surface area contributed by atoms with E-state index in [0.29, 0.717) is 0 Å². The molecule has 0 aliphatic carbocycles. The van der Waals surface area contributed by atoms with Crippen molar-refractivity contribution in [2.75, 3.05) is 25.5 Å². The summed E-state index contributed by atoms with van der Waals surface area (Å²) >= 11 is 0. The van der Waals surface area contributed by atoms with Crippen molar-refractivity contribution >= 4 is 11.7 Å². The van der Waals surface area contributed by atoms with Gasteiger partial charge in [-0.25, -0.2) is 4.39 Å². The Kier molecular flexibility index (Phi) is 4.07. The lowest BCUT2D eigenvalue weighted by Crippen LogP contribution is -2.55. The third-order valence-corrected chi connectivity index (χ3v) is 2.84. The molecule has 1 atom stereocenters. The van der Waals surface area contributed by atoms with E-state index in [4.69, 9.17) is 5.11 Å². The second-order valence-corrected chi connectivity index (χ2v) is 4.22. The molecule has 0 fully saturated rings. The minimum Gasteiger partial charge on any atom is -0.480 e. The SMILES string of the molecule is CNC(C)(CN(C)c1ccc(F)cc1)C(=O)O. The van der Waals surface area contributed by atoms with Crippen LogP contribution in [0, 0.1) is 5.82 Å². The number of carboxylic acids is 1. The number of halogens is 1. The molecule has 17 heavy (non-hydrogen) atoms. The third-order valence-electron chi connectivity index (χ3n) is 2.84. The molecule has 5 heteroatoms. The van der Waals surface area contributed by atoms with E-state index in [-0.39, 0.29) is 12.4 Å². The lowest BCUT2D eigenvalue weighted by Gasteiger charge is -2.31. The minimum atomic E-state index is -1.04. The van der Waals surface area contributed by atoms with Crippen molar-refractivity contribution in [1.29, 1.82) is 0 Å². The van der Waals surface area contributed by atoms with Gasteiger partial charge in [0.05, 0.1) is 0 Å². The van der Waals surface area contributed by atoms with Gasteiger partial charge >= 0.3 is 5.97 Å². The molecule has 0 aliphatic heterocycles. The maximum Gasteiger partial charge on any atom is 0.325 e. The van der Waals surface area contributed by atoms with Crippen LogP contribution in [0.5, 0.6) is 0 Å². The lowest BCUT2D eigenvalue weighted by atomic mass is 10.0. The Morgan fingerprint density at radius 2 is 2.00 bits per heavy atom. The van der Waals surface area contributed by atoms with Crippen LogP contribution in [0.1, 0.15) is 6.92 Å². The second-order valence-electron chi connectivity index (χ2n) is 4.22. The Morgan fingerprint density at radius 1 is 1.47 bits per heavy atom. The summed E-state index contributed by atoms with van der Waals surface area (Å²) in [6, 6.07) is 5.94. The van der Waals surface area contributed by atoms with Crippen LogP contribution in [0.4, 0.5) is 10.1 Å². The number of nitrogens with zero attached hydrogens (tertiary/aromatic N) is 1. The number of benzene rings is 1. The molecule has 0 amide bonds. The van der Waals surface area contributed by atoms with Crippen molar-refractivity contribution in [3.05, 3.63) is 30.1 Å². The predicted molar refractivity (Wildman–Crippen MR) is 64.8 cm³/mol. The van der Waals surface area contributed by atoms with E-state index in [9.17, 15) is 9.18 Å². The summed E-state index contributed by atoms with van der Waals surface area (Å²) in [4.78, 5) is 12.9. The van der Waals surface area contributed by atoms with E-state index in [1.165, 1.54) is 12.1 Å². The van der Waals surface area contributed by atoms with Crippen LogP contribution < -0.4 is 10.2 Å². The van der Waals surface area contributed by atoms with Gasteiger partial charge in [-0.3, -0.25) is 4.79 Å². The fraction of sp³-hybridized carbons (Fsp3) is 0.417. The van der Waals surface area contributed by atoms with Crippen LogP contribution in [0.3, 0.4) is 0 Å². The highest BCUT2D eigenvalue weighted by atomic mass is 19.1. The van der Waals surface area contributed by atoms with Gasteiger partial charge in [0.15, 0.2) is 0 Å². The molecule has 1 aromatic carbocycles. The molecule has 0 saturated carbocycles.